The molecule has 2 rings (SSSR count). The number of rotatable bonds is 13. The van der Waals surface area contributed by atoms with Gasteiger partial charge in [-0.1, -0.05) is 44.2 Å². The summed E-state index contributed by atoms with van der Waals surface area (Å²) in [5.41, 5.74) is 1.63. The van der Waals surface area contributed by atoms with E-state index in [-0.39, 0.29) is 11.8 Å². The largest absolute Gasteiger partial charge is 0.497 e. The first-order chi connectivity index (χ1) is 16.2. The molecular formula is C26H35N3O5. The van der Waals surface area contributed by atoms with Crippen LogP contribution in [0.3, 0.4) is 0 Å². The molecule has 3 atom stereocenters. The van der Waals surface area contributed by atoms with Gasteiger partial charge in [-0.15, -0.1) is 0 Å². The number of benzene rings is 2. The number of carbonyl (C=O) groups is 3. The second-order valence-corrected chi connectivity index (χ2v) is 8.71. The monoisotopic (exact) mass is 469 g/mol. The van der Waals surface area contributed by atoms with E-state index in [1.54, 1.807) is 31.4 Å². The van der Waals surface area contributed by atoms with Crippen molar-refractivity contribution in [3.05, 3.63) is 60.2 Å². The number of nitrogens with one attached hydrogen (secondary N) is 3. The Balaban J connectivity index is 2.12. The molecular weight excluding hydrogens is 434 g/mol. The van der Waals surface area contributed by atoms with Gasteiger partial charge in [0, 0.05) is 5.69 Å². The van der Waals surface area contributed by atoms with E-state index in [0.717, 1.165) is 5.56 Å². The van der Waals surface area contributed by atoms with E-state index in [2.05, 4.69) is 16.0 Å². The van der Waals surface area contributed by atoms with Crippen LogP contribution in [0.25, 0.3) is 0 Å². The molecule has 0 saturated carbocycles. The highest BCUT2D eigenvalue weighted by molar-refractivity contribution is 5.98. The molecule has 8 heteroatoms. The van der Waals surface area contributed by atoms with Gasteiger partial charge in [-0.05, 0) is 61.9 Å². The van der Waals surface area contributed by atoms with Gasteiger partial charge in [0.25, 0.3) is 0 Å². The number of amides is 2. The molecule has 184 valence electrons. The molecule has 0 aliphatic heterocycles. The van der Waals surface area contributed by atoms with Crippen LogP contribution < -0.4 is 20.7 Å². The molecule has 0 aliphatic carbocycles. The maximum atomic E-state index is 13.2. The summed E-state index contributed by atoms with van der Waals surface area (Å²) in [7, 11) is 1.56. The second-order valence-electron chi connectivity index (χ2n) is 8.71. The SMILES string of the molecule is COc1ccc(NC(=O)[C@H](CC(C)C)NC(=O)[C@H](CCc2ccccc2)N[C@H](C)C(=O)O)cc1. The van der Waals surface area contributed by atoms with E-state index in [1.807, 2.05) is 44.2 Å². The summed E-state index contributed by atoms with van der Waals surface area (Å²) in [4.78, 5) is 37.6. The van der Waals surface area contributed by atoms with E-state index in [9.17, 15) is 19.5 Å². The van der Waals surface area contributed by atoms with Crippen molar-refractivity contribution in [2.24, 2.45) is 5.92 Å². The van der Waals surface area contributed by atoms with Crippen LogP contribution in [0.1, 0.15) is 39.2 Å². The maximum Gasteiger partial charge on any atom is 0.320 e. The van der Waals surface area contributed by atoms with Crippen LogP contribution in [0.4, 0.5) is 5.69 Å². The smallest absolute Gasteiger partial charge is 0.320 e. The minimum absolute atomic E-state index is 0.153. The zero-order chi connectivity index (χ0) is 25.1. The van der Waals surface area contributed by atoms with Gasteiger partial charge in [0.1, 0.15) is 17.8 Å². The van der Waals surface area contributed by atoms with Gasteiger partial charge < -0.3 is 20.5 Å². The summed E-state index contributed by atoms with van der Waals surface area (Å²) in [6.45, 7) is 5.43. The summed E-state index contributed by atoms with van der Waals surface area (Å²) in [6.07, 6.45) is 1.42. The molecule has 2 aromatic carbocycles. The van der Waals surface area contributed by atoms with E-state index in [1.165, 1.54) is 6.92 Å². The van der Waals surface area contributed by atoms with E-state index in [0.29, 0.717) is 30.7 Å². The third-order valence-electron chi connectivity index (χ3n) is 5.40. The number of carboxylic acids is 1. The first-order valence-electron chi connectivity index (χ1n) is 11.5. The van der Waals surface area contributed by atoms with Crippen molar-refractivity contribution >= 4 is 23.5 Å². The molecule has 0 heterocycles. The highest BCUT2D eigenvalue weighted by atomic mass is 16.5. The van der Waals surface area contributed by atoms with E-state index < -0.39 is 30.0 Å². The van der Waals surface area contributed by atoms with Crippen molar-refractivity contribution in [3.63, 3.8) is 0 Å². The number of anilines is 1. The van der Waals surface area contributed by atoms with Crippen molar-refractivity contribution in [1.29, 1.82) is 0 Å². The molecule has 4 N–H and O–H groups in total. The normalized spacial score (nSPS) is 13.6. The maximum absolute atomic E-state index is 13.2. The highest BCUT2D eigenvalue weighted by Crippen LogP contribution is 2.16. The Kier molecular flexibility index (Phi) is 10.5. The van der Waals surface area contributed by atoms with Gasteiger partial charge >= 0.3 is 5.97 Å². The van der Waals surface area contributed by atoms with Crippen molar-refractivity contribution < 1.29 is 24.2 Å². The fourth-order valence-electron chi connectivity index (χ4n) is 3.50. The second kappa shape index (κ2) is 13.3. The summed E-state index contributed by atoms with van der Waals surface area (Å²) < 4.78 is 5.14. The summed E-state index contributed by atoms with van der Waals surface area (Å²) >= 11 is 0. The van der Waals surface area contributed by atoms with Crippen LogP contribution >= 0.6 is 0 Å². The van der Waals surface area contributed by atoms with E-state index in [4.69, 9.17) is 4.74 Å². The van der Waals surface area contributed by atoms with Gasteiger partial charge in [-0.3, -0.25) is 19.7 Å². The third kappa shape index (κ3) is 8.86. The third-order valence-corrected chi connectivity index (χ3v) is 5.40. The first-order valence-corrected chi connectivity index (χ1v) is 11.5. The lowest BCUT2D eigenvalue weighted by atomic mass is 10.0. The predicted octanol–water partition coefficient (Wildman–Crippen LogP) is 3.23. The van der Waals surface area contributed by atoms with Gasteiger partial charge in [-0.25, -0.2) is 0 Å². The number of aryl methyl sites for hydroxylation is 1. The minimum Gasteiger partial charge on any atom is -0.497 e. The Bertz CT molecular complexity index is 931. The number of carboxylic acid groups (broad SMARTS) is 1. The Morgan fingerprint density at radius 1 is 0.912 bits per heavy atom. The molecule has 8 nitrogen and oxygen atoms in total. The van der Waals surface area contributed by atoms with Gasteiger partial charge in [-0.2, -0.15) is 0 Å². The Hall–Kier alpha value is -3.39. The van der Waals surface area contributed by atoms with Crippen molar-refractivity contribution in [3.8, 4) is 5.75 Å². The van der Waals surface area contributed by atoms with Crippen molar-refractivity contribution in [2.75, 3.05) is 12.4 Å². The quantitative estimate of drug-likeness (QED) is 0.358. The lowest BCUT2D eigenvalue weighted by molar-refractivity contribution is -0.139. The fraction of sp³-hybridized carbons (Fsp3) is 0.423. The van der Waals surface area contributed by atoms with Crippen LogP contribution in [0.2, 0.25) is 0 Å². The summed E-state index contributed by atoms with van der Waals surface area (Å²) in [6, 6.07) is 14.1. The molecule has 2 aromatic rings. The van der Waals surface area contributed by atoms with Gasteiger partial charge in [0.05, 0.1) is 13.2 Å². The zero-order valence-electron chi connectivity index (χ0n) is 20.2. The minimum atomic E-state index is -1.05. The number of methoxy groups -OCH3 is 1. The standard InChI is InChI=1S/C26H35N3O5/c1-17(2)16-23(25(31)28-20-11-13-21(34-4)14-12-20)29-24(30)22(27-18(3)26(32)33)15-10-19-8-6-5-7-9-19/h5-9,11-14,17-18,22-23,27H,10,15-16H2,1-4H3,(H,28,31)(H,29,30)(H,32,33)/t18-,22+,23+/m1/s1. The number of carbonyl (C=O) groups excluding carboxylic acids is 2. The highest BCUT2D eigenvalue weighted by Gasteiger charge is 2.28. The number of hydrogen-bond donors (Lipinski definition) is 4. The lowest BCUT2D eigenvalue weighted by Gasteiger charge is -2.25. The molecule has 0 aliphatic rings. The molecule has 2 amide bonds. The lowest BCUT2D eigenvalue weighted by Crippen LogP contribution is -2.54. The number of aliphatic carboxylic acids is 1. The number of hydrogen-bond acceptors (Lipinski definition) is 5. The topological polar surface area (TPSA) is 117 Å². The molecule has 0 saturated heterocycles. The average molecular weight is 470 g/mol. The van der Waals surface area contributed by atoms with Crippen molar-refractivity contribution in [1.82, 2.24) is 10.6 Å². The molecule has 0 fully saturated rings. The van der Waals surface area contributed by atoms with Crippen LogP contribution in [-0.2, 0) is 20.8 Å². The van der Waals surface area contributed by atoms with Gasteiger partial charge in [0.2, 0.25) is 11.8 Å². The Morgan fingerprint density at radius 2 is 1.56 bits per heavy atom. The van der Waals surface area contributed by atoms with Crippen molar-refractivity contribution in [2.45, 2.75) is 58.2 Å². The zero-order valence-corrected chi connectivity index (χ0v) is 20.2. The molecule has 0 aromatic heterocycles. The Morgan fingerprint density at radius 3 is 2.12 bits per heavy atom. The molecule has 0 unspecified atom stereocenters. The summed E-state index contributed by atoms with van der Waals surface area (Å²) in [5.74, 6) is -0.959. The summed E-state index contributed by atoms with van der Waals surface area (Å²) in [5, 5.41) is 17.9. The van der Waals surface area contributed by atoms with E-state index >= 15 is 0 Å². The molecule has 0 spiro atoms. The van der Waals surface area contributed by atoms with Crippen LogP contribution in [0.15, 0.2) is 54.6 Å². The van der Waals surface area contributed by atoms with Crippen LogP contribution in [0, 0.1) is 5.92 Å². The Labute approximate surface area is 201 Å². The van der Waals surface area contributed by atoms with Crippen LogP contribution in [-0.4, -0.2) is 48.1 Å². The predicted molar refractivity (Wildman–Crippen MR) is 132 cm³/mol. The number of ether oxygens (including phenoxy) is 1. The first kappa shape index (κ1) is 26.9. The van der Waals surface area contributed by atoms with Crippen LogP contribution in [0.5, 0.6) is 5.75 Å². The average Bonchev–Trinajstić information content (AvgIpc) is 2.81. The molecule has 34 heavy (non-hydrogen) atoms. The molecule has 0 radical (unpaired) electrons. The fourth-order valence-corrected chi connectivity index (χ4v) is 3.50. The molecule has 0 bridgehead atoms. The van der Waals surface area contributed by atoms with Gasteiger partial charge in [0.15, 0.2) is 0 Å².